The van der Waals surface area contributed by atoms with Crippen molar-refractivity contribution < 1.29 is 4.74 Å². The molecule has 0 N–H and O–H groups in total. The Morgan fingerprint density at radius 2 is 1.17 bits per heavy atom. The first-order valence-electron chi connectivity index (χ1n) is 8.50. The van der Waals surface area contributed by atoms with Crippen molar-refractivity contribution in [2.45, 2.75) is 18.2 Å². The van der Waals surface area contributed by atoms with Gasteiger partial charge in [0.15, 0.2) is 0 Å². The number of rotatable bonds is 4. The molecule has 1 atom stereocenters. The minimum atomic E-state index is -0.635. The SMILES string of the molecule is c1ccc(P(c2ccccc2)C2(c3ccccc3)CCCO2)cc1. The topological polar surface area (TPSA) is 9.23 Å². The van der Waals surface area contributed by atoms with Crippen LogP contribution in [0.1, 0.15) is 18.4 Å². The van der Waals surface area contributed by atoms with Gasteiger partial charge in [-0.15, -0.1) is 0 Å². The van der Waals surface area contributed by atoms with Gasteiger partial charge in [-0.1, -0.05) is 91.0 Å². The Morgan fingerprint density at radius 1 is 0.667 bits per heavy atom. The van der Waals surface area contributed by atoms with Gasteiger partial charge >= 0.3 is 0 Å². The fourth-order valence-electron chi connectivity index (χ4n) is 3.58. The van der Waals surface area contributed by atoms with Crippen LogP contribution < -0.4 is 10.6 Å². The van der Waals surface area contributed by atoms with Crippen molar-refractivity contribution in [1.82, 2.24) is 0 Å². The van der Waals surface area contributed by atoms with Crippen molar-refractivity contribution in [2.24, 2.45) is 0 Å². The van der Waals surface area contributed by atoms with E-state index in [1.165, 1.54) is 16.2 Å². The highest BCUT2D eigenvalue weighted by Gasteiger charge is 2.45. The third-order valence-electron chi connectivity index (χ3n) is 4.62. The lowest BCUT2D eigenvalue weighted by Gasteiger charge is -2.38. The second-order valence-electron chi connectivity index (χ2n) is 6.11. The smallest absolute Gasteiger partial charge is 0.120 e. The van der Waals surface area contributed by atoms with E-state index in [0.717, 1.165) is 19.4 Å². The summed E-state index contributed by atoms with van der Waals surface area (Å²) < 4.78 is 6.53. The normalized spacial score (nSPS) is 20.4. The van der Waals surface area contributed by atoms with Crippen LogP contribution in [0.25, 0.3) is 0 Å². The Hall–Kier alpha value is -1.95. The molecule has 1 fully saturated rings. The quantitative estimate of drug-likeness (QED) is 0.625. The molecule has 4 rings (SSSR count). The lowest BCUT2D eigenvalue weighted by Crippen LogP contribution is -2.32. The lowest BCUT2D eigenvalue weighted by molar-refractivity contribution is 0.0766. The molecule has 0 bridgehead atoms. The van der Waals surface area contributed by atoms with Gasteiger partial charge in [0.2, 0.25) is 0 Å². The van der Waals surface area contributed by atoms with E-state index < -0.39 is 7.92 Å². The van der Waals surface area contributed by atoms with Gasteiger partial charge in [0, 0.05) is 6.61 Å². The minimum Gasteiger partial charge on any atom is -0.365 e. The molecule has 120 valence electrons. The van der Waals surface area contributed by atoms with Crippen molar-refractivity contribution in [2.75, 3.05) is 6.61 Å². The van der Waals surface area contributed by atoms with E-state index in [1.807, 2.05) is 0 Å². The maximum Gasteiger partial charge on any atom is 0.120 e. The van der Waals surface area contributed by atoms with E-state index in [1.54, 1.807) is 0 Å². The van der Waals surface area contributed by atoms with Crippen LogP contribution in [0.4, 0.5) is 0 Å². The molecular weight excluding hydrogens is 311 g/mol. The van der Waals surface area contributed by atoms with Gasteiger partial charge in [0.1, 0.15) is 5.34 Å². The van der Waals surface area contributed by atoms with Crippen LogP contribution in [0.15, 0.2) is 91.0 Å². The summed E-state index contributed by atoms with van der Waals surface area (Å²) in [4.78, 5) is 0. The van der Waals surface area contributed by atoms with Crippen LogP contribution in [0.2, 0.25) is 0 Å². The summed E-state index contributed by atoms with van der Waals surface area (Å²) in [5, 5.41) is 2.54. The lowest BCUT2D eigenvalue weighted by atomic mass is 10.1. The molecule has 0 aromatic heterocycles. The maximum atomic E-state index is 6.53. The third-order valence-corrected chi connectivity index (χ3v) is 7.58. The Bertz CT molecular complexity index is 725. The van der Waals surface area contributed by atoms with Crippen molar-refractivity contribution in [3.63, 3.8) is 0 Å². The van der Waals surface area contributed by atoms with Crippen molar-refractivity contribution in [3.05, 3.63) is 96.6 Å². The Labute approximate surface area is 145 Å². The first-order chi connectivity index (χ1) is 11.9. The molecular formula is C22H21OP. The molecule has 1 aliphatic heterocycles. The zero-order chi connectivity index (χ0) is 16.2. The Morgan fingerprint density at radius 3 is 1.62 bits per heavy atom. The second kappa shape index (κ2) is 6.89. The minimum absolute atomic E-state index is 0.223. The molecule has 0 saturated carbocycles. The molecule has 3 aromatic carbocycles. The van der Waals surface area contributed by atoms with Gasteiger partial charge in [-0.3, -0.25) is 0 Å². The summed E-state index contributed by atoms with van der Waals surface area (Å²) in [7, 11) is -0.635. The van der Waals surface area contributed by atoms with Gasteiger partial charge in [-0.05, 0) is 36.9 Å². The number of hydrogen-bond acceptors (Lipinski definition) is 1. The first-order valence-corrected chi connectivity index (χ1v) is 9.84. The van der Waals surface area contributed by atoms with Crippen LogP contribution in [0, 0.1) is 0 Å². The fraction of sp³-hybridized carbons (Fsp3) is 0.182. The largest absolute Gasteiger partial charge is 0.365 e. The summed E-state index contributed by atoms with van der Waals surface area (Å²) >= 11 is 0. The zero-order valence-corrected chi connectivity index (χ0v) is 14.5. The van der Waals surface area contributed by atoms with E-state index in [0.29, 0.717) is 0 Å². The van der Waals surface area contributed by atoms with Crippen LogP contribution in [-0.2, 0) is 10.1 Å². The Kier molecular flexibility index (Phi) is 4.47. The predicted octanol–water partition coefficient (Wildman–Crippen LogP) is 4.78. The molecule has 0 spiro atoms. The summed E-state index contributed by atoms with van der Waals surface area (Å²) in [5.41, 5.74) is 1.31. The summed E-state index contributed by atoms with van der Waals surface area (Å²) in [6.07, 6.45) is 2.19. The number of hydrogen-bond donors (Lipinski definition) is 0. The standard InChI is InChI=1S/C22H21OP/c1-4-11-19(12-5-1)22(17-10-18-23-22)24(20-13-6-2-7-14-20)21-15-8-3-9-16-21/h1-9,11-16H,10,17-18H2. The van der Waals surface area contributed by atoms with E-state index in [2.05, 4.69) is 91.0 Å². The molecule has 3 aromatic rings. The van der Waals surface area contributed by atoms with Crippen molar-refractivity contribution >= 4 is 18.5 Å². The molecule has 1 saturated heterocycles. The molecule has 24 heavy (non-hydrogen) atoms. The molecule has 0 amide bonds. The van der Waals surface area contributed by atoms with Crippen molar-refractivity contribution in [1.29, 1.82) is 0 Å². The maximum absolute atomic E-state index is 6.53. The highest BCUT2D eigenvalue weighted by Crippen LogP contribution is 2.60. The van der Waals surface area contributed by atoms with Crippen LogP contribution in [0.3, 0.4) is 0 Å². The fourth-order valence-corrected chi connectivity index (χ4v) is 6.66. The number of benzene rings is 3. The molecule has 2 heteroatoms. The monoisotopic (exact) mass is 332 g/mol. The molecule has 0 aliphatic carbocycles. The summed E-state index contributed by atoms with van der Waals surface area (Å²) in [6, 6.07) is 32.6. The zero-order valence-electron chi connectivity index (χ0n) is 13.6. The molecule has 1 heterocycles. The van der Waals surface area contributed by atoms with Crippen LogP contribution in [0.5, 0.6) is 0 Å². The van der Waals surface area contributed by atoms with Gasteiger partial charge in [0.05, 0.1) is 0 Å². The molecule has 1 aliphatic rings. The Balaban J connectivity index is 1.91. The van der Waals surface area contributed by atoms with Gasteiger partial charge < -0.3 is 4.74 Å². The number of ether oxygens (including phenoxy) is 1. The second-order valence-corrected chi connectivity index (χ2v) is 8.53. The van der Waals surface area contributed by atoms with Gasteiger partial charge in [-0.25, -0.2) is 0 Å². The van der Waals surface area contributed by atoms with Gasteiger partial charge in [0.25, 0.3) is 0 Å². The predicted molar refractivity (Wildman–Crippen MR) is 102 cm³/mol. The summed E-state index contributed by atoms with van der Waals surface area (Å²) in [5.74, 6) is 0. The molecule has 1 nitrogen and oxygen atoms in total. The van der Waals surface area contributed by atoms with E-state index in [4.69, 9.17) is 4.74 Å². The first kappa shape index (κ1) is 15.6. The summed E-state index contributed by atoms with van der Waals surface area (Å²) in [6.45, 7) is 0.841. The van der Waals surface area contributed by atoms with Crippen LogP contribution >= 0.6 is 7.92 Å². The molecule has 1 unspecified atom stereocenters. The van der Waals surface area contributed by atoms with Crippen molar-refractivity contribution in [3.8, 4) is 0 Å². The molecule has 0 radical (unpaired) electrons. The van der Waals surface area contributed by atoms with Crippen LogP contribution in [-0.4, -0.2) is 6.61 Å². The van der Waals surface area contributed by atoms with E-state index >= 15 is 0 Å². The highest BCUT2D eigenvalue weighted by molar-refractivity contribution is 7.73. The third kappa shape index (κ3) is 2.79. The van der Waals surface area contributed by atoms with E-state index in [-0.39, 0.29) is 5.34 Å². The average molecular weight is 332 g/mol. The highest BCUT2D eigenvalue weighted by atomic mass is 31.1. The van der Waals surface area contributed by atoms with Gasteiger partial charge in [-0.2, -0.15) is 0 Å². The van der Waals surface area contributed by atoms with E-state index in [9.17, 15) is 0 Å². The average Bonchev–Trinajstić information content (AvgIpc) is 3.15.